The Morgan fingerprint density at radius 1 is 0.950 bits per heavy atom. The fourth-order valence-electron chi connectivity index (χ4n) is 2.05. The Morgan fingerprint density at radius 3 is 2.30 bits per heavy atom. The Balaban J connectivity index is 2.13. The van der Waals surface area contributed by atoms with Crippen molar-refractivity contribution in [3.05, 3.63) is 68.4 Å². The predicted molar refractivity (Wildman–Crippen MR) is 83.3 cm³/mol. The molecule has 0 fully saturated rings. The van der Waals surface area contributed by atoms with Crippen LogP contribution in [0.2, 0.25) is 15.1 Å². The van der Waals surface area contributed by atoms with Gasteiger partial charge in [0.25, 0.3) is 0 Å². The molecule has 0 aliphatic carbocycles. The molecule has 2 aromatic carbocycles. The molecule has 0 amide bonds. The molecule has 0 aliphatic heterocycles. The fraction of sp³-hybridized carbons (Fsp3) is 0.200. The van der Waals surface area contributed by atoms with Crippen LogP contribution in [0.3, 0.4) is 0 Å². The Bertz CT molecular complexity index is 596. The summed E-state index contributed by atoms with van der Waals surface area (Å²) >= 11 is 18.1. The zero-order valence-corrected chi connectivity index (χ0v) is 12.8. The van der Waals surface area contributed by atoms with Crippen LogP contribution in [0.15, 0.2) is 36.4 Å². The third-order valence-electron chi connectivity index (χ3n) is 3.04. The van der Waals surface area contributed by atoms with E-state index in [1.165, 1.54) is 6.07 Å². The molecule has 2 rings (SSSR count). The minimum Gasteiger partial charge on any atom is -0.327 e. The van der Waals surface area contributed by atoms with Gasteiger partial charge in [0.1, 0.15) is 5.82 Å². The van der Waals surface area contributed by atoms with Crippen LogP contribution in [0.1, 0.15) is 11.1 Å². The van der Waals surface area contributed by atoms with E-state index in [4.69, 9.17) is 40.5 Å². The van der Waals surface area contributed by atoms with E-state index in [1.807, 2.05) is 12.1 Å². The number of benzene rings is 2. The van der Waals surface area contributed by atoms with E-state index in [2.05, 4.69) is 0 Å². The molecule has 0 radical (unpaired) electrons. The van der Waals surface area contributed by atoms with E-state index in [9.17, 15) is 4.39 Å². The van der Waals surface area contributed by atoms with Crippen molar-refractivity contribution < 1.29 is 4.39 Å². The second kappa shape index (κ2) is 6.77. The molecule has 1 nitrogen and oxygen atoms in total. The van der Waals surface area contributed by atoms with Crippen LogP contribution in [0, 0.1) is 5.82 Å². The van der Waals surface area contributed by atoms with Gasteiger partial charge in [-0.2, -0.15) is 0 Å². The normalized spacial score (nSPS) is 12.4. The first-order valence-electron chi connectivity index (χ1n) is 6.10. The van der Waals surface area contributed by atoms with E-state index >= 15 is 0 Å². The molecule has 0 heterocycles. The molecule has 0 bridgehead atoms. The van der Waals surface area contributed by atoms with Crippen LogP contribution in [0.4, 0.5) is 4.39 Å². The van der Waals surface area contributed by atoms with Crippen LogP contribution in [-0.2, 0) is 12.8 Å². The van der Waals surface area contributed by atoms with Gasteiger partial charge < -0.3 is 5.73 Å². The average Bonchev–Trinajstić information content (AvgIpc) is 2.39. The number of rotatable bonds is 4. The highest BCUT2D eigenvalue weighted by Gasteiger charge is 2.14. The summed E-state index contributed by atoms with van der Waals surface area (Å²) in [7, 11) is 0. The maximum Gasteiger partial charge on any atom is 0.127 e. The van der Waals surface area contributed by atoms with Gasteiger partial charge in [0, 0.05) is 16.6 Å². The minimum atomic E-state index is -0.342. The molecule has 0 saturated carbocycles. The number of halogens is 4. The molecule has 0 aromatic heterocycles. The van der Waals surface area contributed by atoms with Gasteiger partial charge in [-0.15, -0.1) is 0 Å². The summed E-state index contributed by atoms with van der Waals surface area (Å²) in [5, 5.41) is 1.36. The van der Waals surface area contributed by atoms with Crippen molar-refractivity contribution in [3.63, 3.8) is 0 Å². The molecule has 0 saturated heterocycles. The zero-order valence-electron chi connectivity index (χ0n) is 10.5. The maximum absolute atomic E-state index is 13.7. The summed E-state index contributed by atoms with van der Waals surface area (Å²) in [6.45, 7) is 0. The van der Waals surface area contributed by atoms with E-state index in [-0.39, 0.29) is 11.9 Å². The van der Waals surface area contributed by atoms with Crippen molar-refractivity contribution in [1.82, 2.24) is 0 Å². The van der Waals surface area contributed by atoms with Gasteiger partial charge in [-0.25, -0.2) is 4.39 Å². The van der Waals surface area contributed by atoms with Crippen LogP contribution in [0.25, 0.3) is 0 Å². The molecule has 5 heteroatoms. The van der Waals surface area contributed by atoms with Gasteiger partial charge in [0.2, 0.25) is 0 Å². The summed E-state index contributed by atoms with van der Waals surface area (Å²) in [4.78, 5) is 0. The highest BCUT2D eigenvalue weighted by atomic mass is 35.5. The molecule has 2 N–H and O–H groups in total. The topological polar surface area (TPSA) is 26.0 Å². The molecule has 1 unspecified atom stereocenters. The molecule has 2 aromatic rings. The molecule has 1 atom stereocenters. The molecule has 20 heavy (non-hydrogen) atoms. The first-order chi connectivity index (χ1) is 9.49. The van der Waals surface area contributed by atoms with E-state index in [1.54, 1.807) is 18.2 Å². The molecular weight excluding hydrogens is 320 g/mol. The summed E-state index contributed by atoms with van der Waals surface area (Å²) in [5.41, 5.74) is 7.34. The van der Waals surface area contributed by atoms with Crippen LogP contribution < -0.4 is 5.73 Å². The zero-order chi connectivity index (χ0) is 14.7. The summed E-state index contributed by atoms with van der Waals surface area (Å²) < 4.78 is 13.7. The molecule has 0 spiro atoms. The van der Waals surface area contributed by atoms with Gasteiger partial charge in [-0.05, 0) is 36.6 Å². The monoisotopic (exact) mass is 331 g/mol. The first-order valence-corrected chi connectivity index (χ1v) is 7.23. The van der Waals surface area contributed by atoms with Crippen LogP contribution >= 0.6 is 34.8 Å². The van der Waals surface area contributed by atoms with Crippen molar-refractivity contribution in [2.75, 3.05) is 0 Å². The van der Waals surface area contributed by atoms with Gasteiger partial charge in [0.05, 0.1) is 10.0 Å². The SMILES string of the molecule is NC(Cc1cccc(Cl)c1Cl)Cc1c(F)cccc1Cl. The van der Waals surface area contributed by atoms with Gasteiger partial charge in [0.15, 0.2) is 0 Å². The summed E-state index contributed by atoms with van der Waals surface area (Å²) in [6, 6.07) is 9.69. The quantitative estimate of drug-likeness (QED) is 0.847. The average molecular weight is 333 g/mol. The standard InChI is InChI=1S/C15H13Cl3FN/c16-12-4-2-6-14(19)11(12)8-10(20)7-9-3-1-5-13(17)15(9)18/h1-6,10H,7-8,20H2. The van der Waals surface area contributed by atoms with Crippen molar-refractivity contribution >= 4 is 34.8 Å². The minimum absolute atomic E-state index is 0.291. The summed E-state index contributed by atoms with van der Waals surface area (Å²) in [6.07, 6.45) is 0.846. The lowest BCUT2D eigenvalue weighted by atomic mass is 9.99. The Morgan fingerprint density at radius 2 is 1.60 bits per heavy atom. The third-order valence-corrected chi connectivity index (χ3v) is 4.25. The van der Waals surface area contributed by atoms with Crippen LogP contribution in [-0.4, -0.2) is 6.04 Å². The first kappa shape index (κ1) is 15.6. The third kappa shape index (κ3) is 3.64. The second-order valence-electron chi connectivity index (χ2n) is 4.58. The van der Waals surface area contributed by atoms with Crippen molar-refractivity contribution in [2.45, 2.75) is 18.9 Å². The smallest absolute Gasteiger partial charge is 0.127 e. The lowest BCUT2D eigenvalue weighted by molar-refractivity contribution is 0.584. The highest BCUT2D eigenvalue weighted by molar-refractivity contribution is 6.42. The lowest BCUT2D eigenvalue weighted by Gasteiger charge is -2.15. The van der Waals surface area contributed by atoms with Crippen molar-refractivity contribution in [2.24, 2.45) is 5.73 Å². The maximum atomic E-state index is 13.7. The Kier molecular flexibility index (Phi) is 5.28. The van der Waals surface area contributed by atoms with E-state index in [0.717, 1.165) is 5.56 Å². The number of nitrogens with two attached hydrogens (primary N) is 1. The van der Waals surface area contributed by atoms with E-state index in [0.29, 0.717) is 33.5 Å². The van der Waals surface area contributed by atoms with Crippen LogP contribution in [0.5, 0.6) is 0 Å². The van der Waals surface area contributed by atoms with Gasteiger partial charge in [-0.1, -0.05) is 53.0 Å². The highest BCUT2D eigenvalue weighted by Crippen LogP contribution is 2.27. The van der Waals surface area contributed by atoms with E-state index < -0.39 is 0 Å². The van der Waals surface area contributed by atoms with Crippen molar-refractivity contribution in [3.8, 4) is 0 Å². The van der Waals surface area contributed by atoms with Gasteiger partial charge >= 0.3 is 0 Å². The second-order valence-corrected chi connectivity index (χ2v) is 5.77. The van der Waals surface area contributed by atoms with Gasteiger partial charge in [-0.3, -0.25) is 0 Å². The summed E-state index contributed by atoms with van der Waals surface area (Å²) in [5.74, 6) is -0.342. The molecular formula is C15H13Cl3FN. The Hall–Kier alpha value is -0.800. The largest absolute Gasteiger partial charge is 0.327 e. The van der Waals surface area contributed by atoms with Crippen molar-refractivity contribution in [1.29, 1.82) is 0 Å². The predicted octanol–water partition coefficient (Wildman–Crippen LogP) is 4.90. The molecule has 106 valence electrons. The number of hydrogen-bond donors (Lipinski definition) is 1. The Labute approximate surface area is 132 Å². The lowest BCUT2D eigenvalue weighted by Crippen LogP contribution is -2.26. The number of hydrogen-bond acceptors (Lipinski definition) is 1. The molecule has 0 aliphatic rings. The fourth-order valence-corrected chi connectivity index (χ4v) is 2.69.